The monoisotopic (exact) mass is 417 g/mol. The van der Waals surface area contributed by atoms with Crippen LogP contribution < -0.4 is 4.74 Å². The van der Waals surface area contributed by atoms with Crippen LogP contribution >= 0.6 is 23.4 Å². The number of rotatable bonds is 6. The van der Waals surface area contributed by atoms with Gasteiger partial charge in [-0.05, 0) is 30.0 Å². The molecule has 1 heterocycles. The van der Waals surface area contributed by atoms with Crippen molar-refractivity contribution in [1.29, 1.82) is 0 Å². The van der Waals surface area contributed by atoms with Gasteiger partial charge in [0.1, 0.15) is 18.9 Å². The van der Waals surface area contributed by atoms with Crippen molar-refractivity contribution in [3.63, 3.8) is 0 Å². The fourth-order valence-electron chi connectivity index (χ4n) is 2.47. The Morgan fingerprint density at radius 1 is 1.14 bits per heavy atom. The molecule has 0 bridgehead atoms. The lowest BCUT2D eigenvalue weighted by molar-refractivity contribution is -0.143. The highest BCUT2D eigenvalue weighted by molar-refractivity contribution is 8.18. The summed E-state index contributed by atoms with van der Waals surface area (Å²) in [5, 5.41) is 0.0834. The van der Waals surface area contributed by atoms with Crippen LogP contribution in [0.1, 0.15) is 11.1 Å². The molecule has 0 unspecified atom stereocenters. The highest BCUT2D eigenvalue weighted by atomic mass is 35.5. The third-order valence-electron chi connectivity index (χ3n) is 3.94. The van der Waals surface area contributed by atoms with Crippen LogP contribution in [0.2, 0.25) is 5.02 Å². The van der Waals surface area contributed by atoms with Crippen molar-refractivity contribution < 1.29 is 23.9 Å². The van der Waals surface area contributed by atoms with E-state index in [2.05, 4.69) is 4.74 Å². The number of methoxy groups -OCH3 is 1. The van der Waals surface area contributed by atoms with Crippen molar-refractivity contribution in [2.75, 3.05) is 13.7 Å². The predicted octanol–water partition coefficient (Wildman–Crippen LogP) is 4.13. The molecule has 2 amide bonds. The van der Waals surface area contributed by atoms with E-state index in [1.165, 1.54) is 7.11 Å². The Balaban J connectivity index is 1.79. The standard InChI is InChI=1S/C20H16ClNO5S/c1-26-18(23)11-22-19(24)17(28-20(22)25)10-13-6-3-5-9-16(13)27-12-14-7-2-4-8-15(14)21/h2-10H,11-12H2,1H3/b17-10-. The molecule has 1 aliphatic heterocycles. The van der Waals surface area contributed by atoms with Gasteiger partial charge in [0, 0.05) is 16.1 Å². The molecule has 2 aromatic rings. The molecule has 0 aromatic heterocycles. The number of nitrogens with zero attached hydrogens (tertiary/aromatic N) is 1. The molecule has 0 N–H and O–H groups in total. The summed E-state index contributed by atoms with van der Waals surface area (Å²) in [6, 6.07) is 14.5. The van der Waals surface area contributed by atoms with E-state index in [-0.39, 0.29) is 11.5 Å². The molecule has 1 saturated heterocycles. The summed E-state index contributed by atoms with van der Waals surface area (Å²) in [5.41, 5.74) is 1.47. The van der Waals surface area contributed by atoms with Crippen LogP contribution in [0.4, 0.5) is 4.79 Å². The molecule has 8 heteroatoms. The summed E-state index contributed by atoms with van der Waals surface area (Å²) in [4.78, 5) is 37.0. The Hall–Kier alpha value is -2.77. The smallest absolute Gasteiger partial charge is 0.325 e. The van der Waals surface area contributed by atoms with E-state index < -0.39 is 23.7 Å². The first kappa shape index (κ1) is 20.0. The molecule has 1 aliphatic rings. The molecule has 0 atom stereocenters. The first-order chi connectivity index (χ1) is 13.5. The molecular weight excluding hydrogens is 402 g/mol. The number of carbonyl (C=O) groups excluding carboxylic acids is 3. The van der Waals surface area contributed by atoms with Crippen LogP contribution in [0, 0.1) is 0 Å². The maximum atomic E-state index is 12.5. The van der Waals surface area contributed by atoms with Gasteiger partial charge in [-0.25, -0.2) is 0 Å². The van der Waals surface area contributed by atoms with Crippen molar-refractivity contribution in [3.05, 3.63) is 69.6 Å². The van der Waals surface area contributed by atoms with Gasteiger partial charge in [0.15, 0.2) is 0 Å². The van der Waals surface area contributed by atoms with E-state index in [9.17, 15) is 14.4 Å². The summed E-state index contributed by atoms with van der Waals surface area (Å²) >= 11 is 6.92. The molecular formula is C20H16ClNO5S. The van der Waals surface area contributed by atoms with E-state index in [0.717, 1.165) is 22.2 Å². The largest absolute Gasteiger partial charge is 0.488 e. The molecule has 0 saturated carbocycles. The Morgan fingerprint density at radius 3 is 2.61 bits per heavy atom. The summed E-state index contributed by atoms with van der Waals surface area (Å²) in [6.07, 6.45) is 1.57. The Kier molecular flexibility index (Phi) is 6.38. The number of carbonyl (C=O) groups is 3. The highest BCUT2D eigenvalue weighted by Crippen LogP contribution is 2.34. The number of hydrogen-bond donors (Lipinski definition) is 0. The molecule has 0 spiro atoms. The number of esters is 1. The Labute approximate surface area is 171 Å². The zero-order chi connectivity index (χ0) is 20.1. The number of amides is 2. The number of hydrogen-bond acceptors (Lipinski definition) is 6. The fraction of sp³-hybridized carbons (Fsp3) is 0.150. The first-order valence-electron chi connectivity index (χ1n) is 8.27. The average Bonchev–Trinajstić information content (AvgIpc) is 2.95. The zero-order valence-corrected chi connectivity index (χ0v) is 16.5. The Bertz CT molecular complexity index is 959. The lowest BCUT2D eigenvalue weighted by atomic mass is 10.1. The van der Waals surface area contributed by atoms with Crippen LogP contribution in [0.25, 0.3) is 6.08 Å². The van der Waals surface area contributed by atoms with E-state index in [1.54, 1.807) is 30.3 Å². The van der Waals surface area contributed by atoms with E-state index in [4.69, 9.17) is 16.3 Å². The summed E-state index contributed by atoms with van der Waals surface area (Å²) < 4.78 is 10.4. The summed E-state index contributed by atoms with van der Waals surface area (Å²) in [7, 11) is 1.20. The molecule has 0 radical (unpaired) electrons. The minimum atomic E-state index is -0.660. The van der Waals surface area contributed by atoms with E-state index in [0.29, 0.717) is 16.3 Å². The number of benzene rings is 2. The quantitative estimate of drug-likeness (QED) is 0.519. The van der Waals surface area contributed by atoms with Crippen LogP contribution in [-0.4, -0.2) is 35.7 Å². The van der Waals surface area contributed by atoms with Crippen molar-refractivity contribution in [3.8, 4) is 5.75 Å². The molecule has 28 heavy (non-hydrogen) atoms. The molecule has 2 aromatic carbocycles. The topological polar surface area (TPSA) is 72.9 Å². The van der Waals surface area contributed by atoms with Crippen molar-refractivity contribution in [1.82, 2.24) is 4.90 Å². The second kappa shape index (κ2) is 8.95. The molecule has 144 valence electrons. The third kappa shape index (κ3) is 4.55. The molecule has 3 rings (SSSR count). The maximum Gasteiger partial charge on any atom is 0.325 e. The number of ether oxygens (including phenoxy) is 2. The van der Waals surface area contributed by atoms with Gasteiger partial charge in [0.25, 0.3) is 11.1 Å². The minimum Gasteiger partial charge on any atom is -0.488 e. The van der Waals surface area contributed by atoms with Gasteiger partial charge in [-0.15, -0.1) is 0 Å². The number of para-hydroxylation sites is 1. The van der Waals surface area contributed by atoms with Gasteiger partial charge in [0.05, 0.1) is 12.0 Å². The minimum absolute atomic E-state index is 0.211. The van der Waals surface area contributed by atoms with Gasteiger partial charge in [-0.3, -0.25) is 19.3 Å². The van der Waals surface area contributed by atoms with Crippen LogP contribution in [-0.2, 0) is 20.9 Å². The number of halogens is 1. The summed E-state index contributed by atoms with van der Waals surface area (Å²) in [6.45, 7) is -0.155. The number of thioether (sulfide) groups is 1. The lowest BCUT2D eigenvalue weighted by Crippen LogP contribution is -2.34. The van der Waals surface area contributed by atoms with Crippen LogP contribution in [0.3, 0.4) is 0 Å². The SMILES string of the molecule is COC(=O)CN1C(=O)S/C(=C\c2ccccc2OCc2ccccc2Cl)C1=O. The fourth-order valence-corrected chi connectivity index (χ4v) is 3.49. The predicted molar refractivity (Wildman–Crippen MR) is 107 cm³/mol. The molecule has 1 fully saturated rings. The van der Waals surface area contributed by atoms with Gasteiger partial charge in [0.2, 0.25) is 0 Å². The highest BCUT2D eigenvalue weighted by Gasteiger charge is 2.36. The van der Waals surface area contributed by atoms with Crippen LogP contribution in [0.5, 0.6) is 5.75 Å². The second-order valence-electron chi connectivity index (χ2n) is 5.76. The average molecular weight is 418 g/mol. The maximum absolute atomic E-state index is 12.5. The van der Waals surface area contributed by atoms with Crippen molar-refractivity contribution in [2.45, 2.75) is 6.61 Å². The summed E-state index contributed by atoms with van der Waals surface area (Å²) in [5.74, 6) is -0.657. The van der Waals surface area contributed by atoms with E-state index in [1.807, 2.05) is 24.3 Å². The lowest BCUT2D eigenvalue weighted by Gasteiger charge is -2.11. The van der Waals surface area contributed by atoms with Gasteiger partial charge in [-0.1, -0.05) is 48.0 Å². The zero-order valence-electron chi connectivity index (χ0n) is 14.9. The molecule has 0 aliphatic carbocycles. The van der Waals surface area contributed by atoms with Gasteiger partial charge in [-0.2, -0.15) is 0 Å². The second-order valence-corrected chi connectivity index (χ2v) is 7.16. The first-order valence-corrected chi connectivity index (χ1v) is 9.46. The van der Waals surface area contributed by atoms with Crippen molar-refractivity contribution in [2.24, 2.45) is 0 Å². The third-order valence-corrected chi connectivity index (χ3v) is 5.21. The molecule has 6 nitrogen and oxygen atoms in total. The van der Waals surface area contributed by atoms with Crippen LogP contribution in [0.15, 0.2) is 53.4 Å². The Morgan fingerprint density at radius 2 is 1.86 bits per heavy atom. The van der Waals surface area contributed by atoms with Gasteiger partial charge < -0.3 is 9.47 Å². The van der Waals surface area contributed by atoms with E-state index >= 15 is 0 Å². The van der Waals surface area contributed by atoms with Crippen molar-refractivity contribution >= 4 is 46.6 Å². The number of imide groups is 1. The normalized spacial score (nSPS) is 15.2. The van der Waals surface area contributed by atoms with Gasteiger partial charge >= 0.3 is 5.97 Å².